The number of aliphatic hydroxyl groups is 2. The Morgan fingerprint density at radius 3 is 2.53 bits per heavy atom. The van der Waals surface area contributed by atoms with Crippen LogP contribution in [0.5, 0.6) is 5.75 Å². The number of likely N-dealkylation sites (tertiary alicyclic amines) is 1. The number of ether oxygens (including phenoxy) is 1. The van der Waals surface area contributed by atoms with E-state index in [0.717, 1.165) is 5.56 Å². The number of aliphatic hydroxyl groups excluding tert-OH is 2. The summed E-state index contributed by atoms with van der Waals surface area (Å²) < 4.78 is 5.09. The van der Waals surface area contributed by atoms with Crippen molar-refractivity contribution in [3.05, 3.63) is 23.8 Å². The zero-order valence-corrected chi connectivity index (χ0v) is 9.84. The molecule has 2 rings (SSSR count). The number of nitrogen functional groups attached to an aromatic ring is 1. The van der Waals surface area contributed by atoms with Crippen LogP contribution in [0.15, 0.2) is 18.2 Å². The van der Waals surface area contributed by atoms with Crippen LogP contribution < -0.4 is 10.5 Å². The van der Waals surface area contributed by atoms with Gasteiger partial charge >= 0.3 is 0 Å². The molecule has 0 radical (unpaired) electrons. The van der Waals surface area contributed by atoms with Gasteiger partial charge in [0.2, 0.25) is 0 Å². The standard InChI is InChI=1S/C12H18N2O3/c1-17-12-3-2-8(4-9(12)13)5-14-6-10(15)11(16)7-14/h2-4,10-11,15-16H,5-7,13H2,1H3. The Morgan fingerprint density at radius 2 is 2.00 bits per heavy atom. The fraction of sp³-hybridized carbons (Fsp3) is 0.500. The number of hydrogen-bond acceptors (Lipinski definition) is 5. The molecule has 1 aromatic carbocycles. The number of nitrogens with two attached hydrogens (primary N) is 1. The van der Waals surface area contributed by atoms with E-state index in [-0.39, 0.29) is 0 Å². The zero-order chi connectivity index (χ0) is 12.4. The highest BCUT2D eigenvalue weighted by molar-refractivity contribution is 5.54. The van der Waals surface area contributed by atoms with Crippen LogP contribution in [0.4, 0.5) is 5.69 Å². The van der Waals surface area contributed by atoms with Crippen molar-refractivity contribution in [1.29, 1.82) is 0 Å². The van der Waals surface area contributed by atoms with Gasteiger partial charge in [-0.1, -0.05) is 6.07 Å². The maximum absolute atomic E-state index is 9.45. The SMILES string of the molecule is COc1ccc(CN2CC(O)C(O)C2)cc1N. The molecule has 2 atom stereocenters. The van der Waals surface area contributed by atoms with E-state index in [1.165, 1.54) is 0 Å². The number of β-amino-alcohol motifs (C(OH)–C–C–N with tert-alkyl or cyclic N) is 2. The summed E-state index contributed by atoms with van der Waals surface area (Å²) >= 11 is 0. The molecule has 5 nitrogen and oxygen atoms in total. The van der Waals surface area contributed by atoms with E-state index in [1.807, 2.05) is 23.1 Å². The summed E-state index contributed by atoms with van der Waals surface area (Å²) in [6.07, 6.45) is -1.30. The monoisotopic (exact) mass is 238 g/mol. The van der Waals surface area contributed by atoms with Crippen molar-refractivity contribution < 1.29 is 14.9 Å². The Morgan fingerprint density at radius 1 is 1.35 bits per heavy atom. The highest BCUT2D eigenvalue weighted by Gasteiger charge is 2.29. The molecule has 0 aromatic heterocycles. The summed E-state index contributed by atoms with van der Waals surface area (Å²) in [5.74, 6) is 0.662. The first-order valence-corrected chi connectivity index (χ1v) is 5.61. The topological polar surface area (TPSA) is 79.0 Å². The summed E-state index contributed by atoms with van der Waals surface area (Å²) in [5, 5.41) is 18.9. The Bertz CT molecular complexity index is 387. The fourth-order valence-electron chi connectivity index (χ4n) is 2.12. The van der Waals surface area contributed by atoms with Crippen LogP contribution in [0.1, 0.15) is 5.56 Å². The molecule has 5 heteroatoms. The van der Waals surface area contributed by atoms with E-state index in [0.29, 0.717) is 31.1 Å². The van der Waals surface area contributed by atoms with Gasteiger partial charge in [0.25, 0.3) is 0 Å². The summed E-state index contributed by atoms with van der Waals surface area (Å²) in [5.41, 5.74) is 7.47. The lowest BCUT2D eigenvalue weighted by molar-refractivity contribution is 0.0572. The molecule has 1 aliphatic rings. The lowest BCUT2D eigenvalue weighted by atomic mass is 10.2. The minimum Gasteiger partial charge on any atom is -0.495 e. The average Bonchev–Trinajstić information content (AvgIpc) is 2.58. The quantitative estimate of drug-likeness (QED) is 0.636. The predicted octanol–water partition coefficient (Wildman–Crippen LogP) is -0.185. The third-order valence-corrected chi connectivity index (χ3v) is 3.03. The maximum Gasteiger partial charge on any atom is 0.141 e. The second-order valence-corrected chi connectivity index (χ2v) is 4.41. The van der Waals surface area contributed by atoms with Crippen molar-refractivity contribution >= 4 is 5.69 Å². The molecule has 4 N–H and O–H groups in total. The van der Waals surface area contributed by atoms with E-state index in [9.17, 15) is 10.2 Å². The summed E-state index contributed by atoms with van der Waals surface area (Å²) in [6.45, 7) is 1.66. The highest BCUT2D eigenvalue weighted by Crippen LogP contribution is 2.23. The Balaban J connectivity index is 2.02. The van der Waals surface area contributed by atoms with E-state index in [2.05, 4.69) is 0 Å². The van der Waals surface area contributed by atoms with Crippen LogP contribution in [0.2, 0.25) is 0 Å². The third-order valence-electron chi connectivity index (χ3n) is 3.03. The lowest BCUT2D eigenvalue weighted by Gasteiger charge is -2.15. The van der Waals surface area contributed by atoms with E-state index in [1.54, 1.807) is 7.11 Å². The second-order valence-electron chi connectivity index (χ2n) is 4.41. The molecule has 94 valence electrons. The maximum atomic E-state index is 9.45. The predicted molar refractivity (Wildman–Crippen MR) is 64.7 cm³/mol. The van der Waals surface area contributed by atoms with Gasteiger partial charge in [-0.2, -0.15) is 0 Å². The number of methoxy groups -OCH3 is 1. The van der Waals surface area contributed by atoms with Crippen molar-refractivity contribution in [2.75, 3.05) is 25.9 Å². The molecule has 17 heavy (non-hydrogen) atoms. The van der Waals surface area contributed by atoms with Gasteiger partial charge in [-0.3, -0.25) is 4.90 Å². The van der Waals surface area contributed by atoms with Crippen molar-refractivity contribution in [3.8, 4) is 5.75 Å². The van der Waals surface area contributed by atoms with E-state index >= 15 is 0 Å². The van der Waals surface area contributed by atoms with Crippen LogP contribution in [-0.4, -0.2) is 47.5 Å². The van der Waals surface area contributed by atoms with Crippen LogP contribution in [-0.2, 0) is 6.54 Å². The number of hydrogen-bond donors (Lipinski definition) is 3. The van der Waals surface area contributed by atoms with Gasteiger partial charge < -0.3 is 20.7 Å². The highest BCUT2D eigenvalue weighted by atomic mass is 16.5. The molecule has 0 saturated carbocycles. The van der Waals surface area contributed by atoms with Gasteiger partial charge in [0, 0.05) is 19.6 Å². The van der Waals surface area contributed by atoms with Crippen molar-refractivity contribution in [2.45, 2.75) is 18.8 Å². The van der Waals surface area contributed by atoms with E-state index < -0.39 is 12.2 Å². The molecule has 0 spiro atoms. The minimum absolute atomic E-state index is 0.493. The average molecular weight is 238 g/mol. The third kappa shape index (κ3) is 2.69. The molecular weight excluding hydrogens is 220 g/mol. The molecular formula is C12H18N2O3. The van der Waals surface area contributed by atoms with Gasteiger partial charge in [0.15, 0.2) is 0 Å². The van der Waals surface area contributed by atoms with Crippen LogP contribution in [0.3, 0.4) is 0 Å². The normalized spacial score (nSPS) is 25.1. The minimum atomic E-state index is -0.648. The molecule has 1 aromatic rings. The Hall–Kier alpha value is -1.30. The van der Waals surface area contributed by atoms with Crippen LogP contribution >= 0.6 is 0 Å². The molecule has 0 bridgehead atoms. The molecule has 1 aliphatic heterocycles. The molecule has 1 heterocycles. The Labute approximate surface area is 100 Å². The first kappa shape index (κ1) is 12.2. The van der Waals surface area contributed by atoms with Gasteiger partial charge in [-0.25, -0.2) is 0 Å². The van der Waals surface area contributed by atoms with Crippen molar-refractivity contribution in [3.63, 3.8) is 0 Å². The van der Waals surface area contributed by atoms with Gasteiger partial charge in [-0.05, 0) is 17.7 Å². The van der Waals surface area contributed by atoms with Gasteiger partial charge in [-0.15, -0.1) is 0 Å². The smallest absolute Gasteiger partial charge is 0.141 e. The van der Waals surface area contributed by atoms with Gasteiger partial charge in [0.1, 0.15) is 5.75 Å². The number of anilines is 1. The summed E-state index contributed by atoms with van der Waals surface area (Å²) in [4.78, 5) is 2.00. The summed E-state index contributed by atoms with van der Waals surface area (Å²) in [7, 11) is 1.58. The van der Waals surface area contributed by atoms with Crippen LogP contribution in [0, 0.1) is 0 Å². The number of benzene rings is 1. The number of rotatable bonds is 3. The Kier molecular flexibility index (Phi) is 3.51. The molecule has 0 aliphatic carbocycles. The molecule has 2 unspecified atom stereocenters. The van der Waals surface area contributed by atoms with E-state index in [4.69, 9.17) is 10.5 Å². The molecule has 0 amide bonds. The number of nitrogens with zero attached hydrogens (tertiary/aromatic N) is 1. The first-order valence-electron chi connectivity index (χ1n) is 5.61. The second kappa shape index (κ2) is 4.91. The molecule has 1 fully saturated rings. The summed E-state index contributed by atoms with van der Waals surface area (Å²) in [6, 6.07) is 5.62. The van der Waals surface area contributed by atoms with Crippen LogP contribution in [0.25, 0.3) is 0 Å². The van der Waals surface area contributed by atoms with Crippen molar-refractivity contribution in [1.82, 2.24) is 4.90 Å². The fourth-order valence-corrected chi connectivity index (χ4v) is 2.12. The van der Waals surface area contributed by atoms with Crippen molar-refractivity contribution in [2.24, 2.45) is 0 Å². The largest absolute Gasteiger partial charge is 0.495 e. The van der Waals surface area contributed by atoms with Gasteiger partial charge in [0.05, 0.1) is 25.0 Å². The zero-order valence-electron chi connectivity index (χ0n) is 9.84. The molecule has 1 saturated heterocycles. The first-order chi connectivity index (χ1) is 8.10. The lowest BCUT2D eigenvalue weighted by Crippen LogP contribution is -2.22.